The highest BCUT2D eigenvalue weighted by Gasteiger charge is 2.46. The van der Waals surface area contributed by atoms with Gasteiger partial charge in [0, 0.05) is 11.2 Å². The predicted octanol–water partition coefficient (Wildman–Crippen LogP) is 2.59. The molecular formula is C18H21N3O2. The zero-order valence-electron chi connectivity index (χ0n) is 13.5. The fourth-order valence-electron chi connectivity index (χ4n) is 2.93. The first-order valence-electron chi connectivity index (χ1n) is 7.96. The number of carbonyl (C=O) groups is 1. The number of nitrogens with one attached hydrogen (secondary N) is 2. The van der Waals surface area contributed by atoms with Crippen LogP contribution in [0.15, 0.2) is 18.2 Å². The molecule has 2 aromatic rings. The van der Waals surface area contributed by atoms with Gasteiger partial charge >= 0.3 is 0 Å². The molecule has 0 atom stereocenters. The maximum Gasteiger partial charge on any atom is 0.245 e. The molecule has 0 unspecified atom stereocenters. The van der Waals surface area contributed by atoms with Crippen LogP contribution in [0.25, 0.3) is 10.9 Å². The summed E-state index contributed by atoms with van der Waals surface area (Å²) in [5.41, 5.74) is 3.67. The molecule has 120 valence electrons. The van der Waals surface area contributed by atoms with Gasteiger partial charge in [0.15, 0.2) is 5.41 Å². The lowest BCUT2D eigenvalue weighted by molar-refractivity contribution is -0.150. The van der Waals surface area contributed by atoms with Crippen LogP contribution in [0.4, 0.5) is 0 Å². The minimum Gasteiger partial charge on any atom is -0.377 e. The van der Waals surface area contributed by atoms with Crippen molar-refractivity contribution in [1.29, 1.82) is 5.26 Å². The van der Waals surface area contributed by atoms with Crippen molar-refractivity contribution in [3.63, 3.8) is 0 Å². The lowest BCUT2D eigenvalue weighted by Gasteiger charge is -2.33. The number of rotatable bonds is 5. The number of H-pyrrole nitrogens is 1. The van der Waals surface area contributed by atoms with E-state index in [2.05, 4.69) is 48.4 Å². The molecule has 5 nitrogen and oxygen atoms in total. The number of hydrogen-bond acceptors (Lipinski definition) is 3. The Hall–Kier alpha value is -2.32. The summed E-state index contributed by atoms with van der Waals surface area (Å²) in [6.45, 7) is 5.06. The summed E-state index contributed by atoms with van der Waals surface area (Å²) in [7, 11) is 0. The van der Waals surface area contributed by atoms with Crippen LogP contribution in [0.1, 0.15) is 30.2 Å². The van der Waals surface area contributed by atoms with Gasteiger partial charge in [-0.05, 0) is 48.1 Å². The predicted molar refractivity (Wildman–Crippen MR) is 87.7 cm³/mol. The summed E-state index contributed by atoms with van der Waals surface area (Å²) in [5, 5.41) is 13.1. The first kappa shape index (κ1) is 15.6. The molecule has 2 N–H and O–H groups in total. The molecule has 0 spiro atoms. The van der Waals surface area contributed by atoms with E-state index in [1.807, 2.05) is 0 Å². The lowest BCUT2D eigenvalue weighted by atomic mass is 9.87. The van der Waals surface area contributed by atoms with Crippen molar-refractivity contribution in [2.24, 2.45) is 5.41 Å². The van der Waals surface area contributed by atoms with Crippen molar-refractivity contribution < 1.29 is 9.53 Å². The average molecular weight is 311 g/mol. The number of amides is 1. The third kappa shape index (κ3) is 2.82. The van der Waals surface area contributed by atoms with Crippen molar-refractivity contribution in [2.75, 3.05) is 13.2 Å². The van der Waals surface area contributed by atoms with Gasteiger partial charge in [-0.25, -0.2) is 0 Å². The van der Waals surface area contributed by atoms with Gasteiger partial charge in [-0.3, -0.25) is 4.79 Å². The Morgan fingerprint density at radius 1 is 1.43 bits per heavy atom. The van der Waals surface area contributed by atoms with Crippen LogP contribution in [0.5, 0.6) is 0 Å². The minimum atomic E-state index is -1.00. The number of nitrogens with zero attached hydrogens (tertiary/aromatic N) is 1. The highest BCUT2D eigenvalue weighted by molar-refractivity contribution is 5.87. The minimum absolute atomic E-state index is 0.182. The molecular weight excluding hydrogens is 290 g/mol. The van der Waals surface area contributed by atoms with Crippen LogP contribution in [0.3, 0.4) is 0 Å². The zero-order valence-corrected chi connectivity index (χ0v) is 13.5. The molecule has 5 heteroatoms. The maximum atomic E-state index is 12.1. The smallest absolute Gasteiger partial charge is 0.245 e. The number of benzene rings is 1. The second-order valence-corrected chi connectivity index (χ2v) is 6.28. The van der Waals surface area contributed by atoms with E-state index in [0.29, 0.717) is 6.54 Å². The number of fused-ring (bicyclic) bond motifs is 1. The molecule has 0 bridgehead atoms. The standard InChI is InChI=1S/C18H21N3O2/c1-3-4-13-7-16-14(5-12(13)2)6-15(21-16)8-20-17(22)18(9-19)10-23-11-18/h5-7,21H,3-4,8,10-11H2,1-2H3,(H,20,22). The van der Waals surface area contributed by atoms with E-state index in [9.17, 15) is 4.79 Å². The van der Waals surface area contributed by atoms with E-state index in [1.54, 1.807) is 0 Å². The van der Waals surface area contributed by atoms with Crippen molar-refractivity contribution in [1.82, 2.24) is 10.3 Å². The van der Waals surface area contributed by atoms with Gasteiger partial charge in [0.2, 0.25) is 5.91 Å². The van der Waals surface area contributed by atoms with E-state index >= 15 is 0 Å². The third-order valence-corrected chi connectivity index (χ3v) is 4.44. The van der Waals surface area contributed by atoms with Gasteiger partial charge in [-0.2, -0.15) is 5.26 Å². The lowest BCUT2D eigenvalue weighted by Crippen LogP contribution is -2.52. The second-order valence-electron chi connectivity index (χ2n) is 6.28. The largest absolute Gasteiger partial charge is 0.377 e. The number of nitriles is 1. The number of hydrogen-bond donors (Lipinski definition) is 2. The van der Waals surface area contributed by atoms with E-state index in [1.165, 1.54) is 11.1 Å². The molecule has 1 fully saturated rings. The van der Waals surface area contributed by atoms with Crippen LogP contribution in [0, 0.1) is 23.7 Å². The highest BCUT2D eigenvalue weighted by atomic mass is 16.5. The Morgan fingerprint density at radius 3 is 2.83 bits per heavy atom. The Bertz CT molecular complexity index is 781. The Labute approximate surface area is 135 Å². The summed E-state index contributed by atoms with van der Waals surface area (Å²) in [4.78, 5) is 15.5. The van der Waals surface area contributed by atoms with Gasteiger partial charge in [0.05, 0.1) is 25.8 Å². The molecule has 1 amide bonds. The molecule has 1 saturated heterocycles. The van der Waals surface area contributed by atoms with Crippen LogP contribution < -0.4 is 5.32 Å². The zero-order chi connectivity index (χ0) is 16.4. The van der Waals surface area contributed by atoms with Crippen LogP contribution in [0.2, 0.25) is 0 Å². The van der Waals surface area contributed by atoms with E-state index in [0.717, 1.165) is 29.4 Å². The molecule has 0 aliphatic carbocycles. The average Bonchev–Trinajstić information content (AvgIpc) is 2.87. The number of aryl methyl sites for hydroxylation is 2. The number of aromatic nitrogens is 1. The Kier molecular flexibility index (Phi) is 4.10. The molecule has 1 aliphatic rings. The monoisotopic (exact) mass is 311 g/mol. The van der Waals surface area contributed by atoms with Crippen molar-refractivity contribution >= 4 is 16.8 Å². The number of ether oxygens (including phenoxy) is 1. The quantitative estimate of drug-likeness (QED) is 0.891. The number of carbonyl (C=O) groups excluding carboxylic acids is 1. The topological polar surface area (TPSA) is 77.9 Å². The van der Waals surface area contributed by atoms with Gasteiger partial charge in [-0.1, -0.05) is 13.3 Å². The van der Waals surface area contributed by atoms with Crippen LogP contribution >= 0.6 is 0 Å². The molecule has 0 radical (unpaired) electrons. The molecule has 1 aromatic heterocycles. The van der Waals surface area contributed by atoms with Gasteiger partial charge in [0.1, 0.15) is 0 Å². The summed E-state index contributed by atoms with van der Waals surface area (Å²) >= 11 is 0. The van der Waals surface area contributed by atoms with Gasteiger partial charge in [0.25, 0.3) is 0 Å². The van der Waals surface area contributed by atoms with Crippen LogP contribution in [-0.4, -0.2) is 24.1 Å². The first-order valence-corrected chi connectivity index (χ1v) is 7.96. The number of aromatic amines is 1. The van der Waals surface area contributed by atoms with Gasteiger partial charge < -0.3 is 15.0 Å². The Morgan fingerprint density at radius 2 is 2.22 bits per heavy atom. The summed E-state index contributed by atoms with van der Waals surface area (Å²) in [6, 6.07) is 8.48. The molecule has 1 aliphatic heterocycles. The highest BCUT2D eigenvalue weighted by Crippen LogP contribution is 2.27. The molecule has 0 saturated carbocycles. The second kappa shape index (κ2) is 6.05. The first-order chi connectivity index (χ1) is 11.1. The van der Waals surface area contributed by atoms with E-state index in [-0.39, 0.29) is 19.1 Å². The molecule has 1 aromatic carbocycles. The summed E-state index contributed by atoms with van der Waals surface area (Å²) < 4.78 is 5.01. The SMILES string of the molecule is CCCc1cc2[nH]c(CNC(=O)C3(C#N)COC3)cc2cc1C. The Balaban J connectivity index is 1.74. The molecule has 23 heavy (non-hydrogen) atoms. The fraction of sp³-hybridized carbons (Fsp3) is 0.444. The molecule has 3 rings (SSSR count). The van der Waals surface area contributed by atoms with E-state index in [4.69, 9.17) is 10.00 Å². The van der Waals surface area contributed by atoms with Crippen molar-refractivity contribution in [2.45, 2.75) is 33.2 Å². The normalized spacial score (nSPS) is 15.9. The van der Waals surface area contributed by atoms with E-state index < -0.39 is 5.41 Å². The third-order valence-electron chi connectivity index (χ3n) is 4.44. The fourth-order valence-corrected chi connectivity index (χ4v) is 2.93. The van der Waals surface area contributed by atoms with Crippen LogP contribution in [-0.2, 0) is 22.5 Å². The van der Waals surface area contributed by atoms with Crippen molar-refractivity contribution in [3.05, 3.63) is 35.0 Å². The van der Waals surface area contributed by atoms with Gasteiger partial charge in [-0.15, -0.1) is 0 Å². The van der Waals surface area contributed by atoms with Crippen molar-refractivity contribution in [3.8, 4) is 6.07 Å². The maximum absolute atomic E-state index is 12.1. The summed E-state index contributed by atoms with van der Waals surface area (Å²) in [6.07, 6.45) is 2.19. The molecule has 2 heterocycles. The summed E-state index contributed by atoms with van der Waals surface area (Å²) in [5.74, 6) is -0.257.